The van der Waals surface area contributed by atoms with Crippen molar-refractivity contribution in [1.29, 1.82) is 0 Å². The Kier molecular flexibility index (Phi) is 2.40. The Morgan fingerprint density at radius 3 is 2.88 bits per heavy atom. The van der Waals surface area contributed by atoms with Crippen LogP contribution in [-0.2, 0) is 6.42 Å². The van der Waals surface area contributed by atoms with E-state index in [2.05, 4.69) is 17.0 Å². The molecule has 0 radical (unpaired) electrons. The van der Waals surface area contributed by atoms with E-state index in [1.54, 1.807) is 28.9 Å². The number of halogens is 1. The Labute approximate surface area is 102 Å². The Morgan fingerprint density at radius 1 is 1.35 bits per heavy atom. The number of nitrogens with zero attached hydrogens (tertiary/aromatic N) is 3. The fourth-order valence-electron chi connectivity index (χ4n) is 1.68. The summed E-state index contributed by atoms with van der Waals surface area (Å²) in [5.74, 6) is -0.256. The first-order valence-electron chi connectivity index (χ1n) is 5.38. The molecule has 3 nitrogen and oxygen atoms in total. The van der Waals surface area contributed by atoms with Gasteiger partial charge in [-0.25, -0.2) is 13.9 Å². The van der Waals surface area contributed by atoms with Crippen LogP contribution in [0.1, 0.15) is 11.9 Å². The van der Waals surface area contributed by atoms with Crippen molar-refractivity contribution in [3.05, 3.63) is 41.3 Å². The van der Waals surface area contributed by atoms with E-state index in [0.717, 1.165) is 16.4 Å². The molecule has 0 unspecified atom stereocenters. The normalized spacial score (nSPS) is 11.2. The topological polar surface area (TPSA) is 30.2 Å². The molecule has 0 atom stereocenters. The summed E-state index contributed by atoms with van der Waals surface area (Å²) in [6, 6.07) is 6.64. The lowest BCUT2D eigenvalue weighted by atomic mass is 10.1. The van der Waals surface area contributed by atoms with Crippen LogP contribution in [0.2, 0.25) is 0 Å². The second kappa shape index (κ2) is 3.92. The van der Waals surface area contributed by atoms with Crippen LogP contribution >= 0.6 is 11.3 Å². The molecule has 0 aliphatic carbocycles. The van der Waals surface area contributed by atoms with Gasteiger partial charge in [0.05, 0.1) is 11.9 Å². The molecule has 0 amide bonds. The molecule has 0 aliphatic heterocycles. The summed E-state index contributed by atoms with van der Waals surface area (Å²) in [4.78, 5) is 5.20. The number of rotatable bonds is 2. The average molecular weight is 247 g/mol. The average Bonchev–Trinajstić information content (AvgIpc) is 2.86. The first kappa shape index (κ1) is 10.4. The third-order valence-electron chi connectivity index (χ3n) is 2.54. The SMILES string of the molecule is CCc1nn2cc(-c3ccccc3F)nc2s1. The minimum Gasteiger partial charge on any atom is -0.217 e. The quantitative estimate of drug-likeness (QED) is 0.696. The number of aromatic nitrogens is 3. The lowest BCUT2D eigenvalue weighted by Crippen LogP contribution is -1.85. The third kappa shape index (κ3) is 1.72. The Hall–Kier alpha value is -1.75. The van der Waals surface area contributed by atoms with E-state index in [9.17, 15) is 4.39 Å². The smallest absolute Gasteiger partial charge is 0.212 e. The van der Waals surface area contributed by atoms with E-state index < -0.39 is 0 Å². The number of hydrogen-bond acceptors (Lipinski definition) is 3. The van der Waals surface area contributed by atoms with Crippen molar-refractivity contribution >= 4 is 16.3 Å². The third-order valence-corrected chi connectivity index (χ3v) is 3.60. The largest absolute Gasteiger partial charge is 0.217 e. The molecule has 5 heteroatoms. The summed E-state index contributed by atoms with van der Waals surface area (Å²) in [6.07, 6.45) is 2.66. The second-order valence-electron chi connectivity index (χ2n) is 3.68. The zero-order chi connectivity index (χ0) is 11.8. The van der Waals surface area contributed by atoms with Crippen LogP contribution in [0, 0.1) is 5.82 Å². The predicted molar refractivity (Wildman–Crippen MR) is 65.6 cm³/mol. The molecule has 3 rings (SSSR count). The Bertz CT molecular complexity index is 640. The summed E-state index contributed by atoms with van der Waals surface area (Å²) in [5.41, 5.74) is 1.15. The van der Waals surface area contributed by atoms with Crippen LogP contribution in [0.5, 0.6) is 0 Å². The number of fused-ring (bicyclic) bond motifs is 1. The summed E-state index contributed by atoms with van der Waals surface area (Å²) in [5, 5.41) is 5.39. The molecular formula is C12H10FN3S. The molecule has 0 saturated heterocycles. The monoisotopic (exact) mass is 247 g/mol. The zero-order valence-corrected chi connectivity index (χ0v) is 10.0. The van der Waals surface area contributed by atoms with Crippen LogP contribution in [0.3, 0.4) is 0 Å². The van der Waals surface area contributed by atoms with Crippen molar-refractivity contribution in [2.45, 2.75) is 13.3 Å². The van der Waals surface area contributed by atoms with Gasteiger partial charge in [0.2, 0.25) is 4.96 Å². The van der Waals surface area contributed by atoms with Crippen molar-refractivity contribution in [2.75, 3.05) is 0 Å². The summed E-state index contributed by atoms with van der Waals surface area (Å²) >= 11 is 1.54. The van der Waals surface area contributed by atoms with E-state index in [-0.39, 0.29) is 5.82 Å². The van der Waals surface area contributed by atoms with Crippen LogP contribution in [0.25, 0.3) is 16.2 Å². The summed E-state index contributed by atoms with van der Waals surface area (Å²) < 4.78 is 15.3. The molecule has 0 bridgehead atoms. The standard InChI is InChI=1S/C12H10FN3S/c1-2-11-15-16-7-10(14-12(16)17-11)8-5-3-4-6-9(8)13/h3-7H,2H2,1H3. The highest BCUT2D eigenvalue weighted by molar-refractivity contribution is 7.16. The number of hydrogen-bond donors (Lipinski definition) is 0. The maximum Gasteiger partial charge on any atom is 0.212 e. The lowest BCUT2D eigenvalue weighted by molar-refractivity contribution is 0.631. The van der Waals surface area contributed by atoms with Crippen molar-refractivity contribution in [3.8, 4) is 11.3 Å². The summed E-state index contributed by atoms with van der Waals surface area (Å²) in [6.45, 7) is 2.05. The highest BCUT2D eigenvalue weighted by Gasteiger charge is 2.11. The molecular weight excluding hydrogens is 237 g/mol. The van der Waals surface area contributed by atoms with Crippen LogP contribution in [0.15, 0.2) is 30.5 Å². The number of imidazole rings is 1. The zero-order valence-electron chi connectivity index (χ0n) is 9.22. The maximum atomic E-state index is 13.6. The van der Waals surface area contributed by atoms with Gasteiger partial charge in [0, 0.05) is 5.56 Å². The lowest BCUT2D eigenvalue weighted by Gasteiger charge is -1.96. The maximum absolute atomic E-state index is 13.6. The van der Waals surface area contributed by atoms with Gasteiger partial charge >= 0.3 is 0 Å². The van der Waals surface area contributed by atoms with E-state index in [4.69, 9.17) is 0 Å². The van der Waals surface area contributed by atoms with Crippen molar-refractivity contribution < 1.29 is 4.39 Å². The number of benzene rings is 1. The molecule has 17 heavy (non-hydrogen) atoms. The highest BCUT2D eigenvalue weighted by Crippen LogP contribution is 2.24. The molecule has 0 spiro atoms. The molecule has 0 fully saturated rings. The molecule has 0 N–H and O–H groups in total. The van der Waals surface area contributed by atoms with Gasteiger partial charge in [-0.15, -0.1) is 0 Å². The first-order chi connectivity index (χ1) is 8.28. The number of aryl methyl sites for hydroxylation is 1. The first-order valence-corrected chi connectivity index (χ1v) is 6.19. The second-order valence-corrected chi connectivity index (χ2v) is 4.72. The van der Waals surface area contributed by atoms with E-state index in [1.807, 2.05) is 0 Å². The Morgan fingerprint density at radius 2 is 2.18 bits per heavy atom. The molecule has 0 aliphatic rings. The molecule has 1 aromatic carbocycles. The minimum absolute atomic E-state index is 0.256. The van der Waals surface area contributed by atoms with Gasteiger partial charge in [0.25, 0.3) is 0 Å². The van der Waals surface area contributed by atoms with E-state index in [0.29, 0.717) is 11.3 Å². The van der Waals surface area contributed by atoms with Gasteiger partial charge in [0.15, 0.2) is 0 Å². The highest BCUT2D eigenvalue weighted by atomic mass is 32.1. The Balaban J connectivity index is 2.13. The van der Waals surface area contributed by atoms with Crippen LogP contribution in [-0.4, -0.2) is 14.6 Å². The van der Waals surface area contributed by atoms with Crippen molar-refractivity contribution in [2.24, 2.45) is 0 Å². The van der Waals surface area contributed by atoms with Gasteiger partial charge in [-0.1, -0.05) is 30.4 Å². The fourth-order valence-corrected chi connectivity index (χ4v) is 2.50. The van der Waals surface area contributed by atoms with Gasteiger partial charge in [-0.05, 0) is 18.6 Å². The molecule has 3 aromatic rings. The minimum atomic E-state index is -0.256. The fraction of sp³-hybridized carbons (Fsp3) is 0.167. The molecule has 2 heterocycles. The van der Waals surface area contributed by atoms with Crippen molar-refractivity contribution in [3.63, 3.8) is 0 Å². The molecule has 86 valence electrons. The van der Waals surface area contributed by atoms with E-state index >= 15 is 0 Å². The van der Waals surface area contributed by atoms with Crippen molar-refractivity contribution in [1.82, 2.24) is 14.6 Å². The van der Waals surface area contributed by atoms with E-state index in [1.165, 1.54) is 17.4 Å². The van der Waals surface area contributed by atoms with Gasteiger partial charge < -0.3 is 0 Å². The molecule has 0 saturated carbocycles. The van der Waals surface area contributed by atoms with Crippen LogP contribution < -0.4 is 0 Å². The van der Waals surface area contributed by atoms with Crippen LogP contribution in [0.4, 0.5) is 4.39 Å². The van der Waals surface area contributed by atoms with Gasteiger partial charge in [-0.3, -0.25) is 0 Å². The van der Waals surface area contributed by atoms with Gasteiger partial charge in [-0.2, -0.15) is 5.10 Å². The van der Waals surface area contributed by atoms with Gasteiger partial charge in [0.1, 0.15) is 10.8 Å². The molecule has 2 aromatic heterocycles. The summed E-state index contributed by atoms with van der Waals surface area (Å²) in [7, 11) is 0. The predicted octanol–water partition coefficient (Wildman–Crippen LogP) is 3.16.